The van der Waals surface area contributed by atoms with Crippen molar-refractivity contribution < 1.29 is 0 Å². The molecule has 2 heterocycles. The van der Waals surface area contributed by atoms with Crippen LogP contribution < -0.4 is 0 Å². The van der Waals surface area contributed by atoms with E-state index in [-0.39, 0.29) is 0 Å². The van der Waals surface area contributed by atoms with Gasteiger partial charge in [-0.1, -0.05) is 146 Å². The fourth-order valence-electron chi connectivity index (χ4n) is 7.80. The van der Waals surface area contributed by atoms with E-state index in [1.165, 1.54) is 82.7 Å². The number of nitrogens with zero attached hydrogens (tertiary/aromatic N) is 2. The van der Waals surface area contributed by atoms with Gasteiger partial charge in [0.15, 0.2) is 0 Å². The summed E-state index contributed by atoms with van der Waals surface area (Å²) in [7, 11) is 0. The summed E-state index contributed by atoms with van der Waals surface area (Å²) in [6.45, 7) is 0. The summed E-state index contributed by atoms with van der Waals surface area (Å²) in [5, 5.41) is 5.02. The quantitative estimate of drug-likeness (QED) is 0.178. The number of fused-ring (bicyclic) bond motifs is 6. The molecule has 234 valence electrons. The van der Waals surface area contributed by atoms with Gasteiger partial charge < -0.3 is 9.13 Å². The maximum atomic E-state index is 2.43. The topological polar surface area (TPSA) is 9.86 Å². The molecule has 0 fully saturated rings. The van der Waals surface area contributed by atoms with E-state index in [2.05, 4.69) is 203 Å². The van der Waals surface area contributed by atoms with Gasteiger partial charge in [-0.3, -0.25) is 0 Å². The minimum Gasteiger partial charge on any atom is -0.309 e. The fraction of sp³-hybridized carbons (Fsp3) is 0. The summed E-state index contributed by atoms with van der Waals surface area (Å²) >= 11 is 0. The van der Waals surface area contributed by atoms with Crippen molar-refractivity contribution in [3.05, 3.63) is 194 Å². The second kappa shape index (κ2) is 11.5. The summed E-state index contributed by atoms with van der Waals surface area (Å²) in [5.74, 6) is 0. The normalized spacial score (nSPS) is 11.6. The van der Waals surface area contributed by atoms with Gasteiger partial charge in [0.1, 0.15) is 0 Å². The molecule has 0 saturated heterocycles. The first-order chi connectivity index (χ1) is 24.8. The lowest BCUT2D eigenvalue weighted by molar-refractivity contribution is 1.18. The zero-order valence-electron chi connectivity index (χ0n) is 27.4. The van der Waals surface area contributed by atoms with Crippen LogP contribution in [0.1, 0.15) is 0 Å². The Labute approximate surface area is 290 Å². The van der Waals surface area contributed by atoms with Crippen molar-refractivity contribution in [3.63, 3.8) is 0 Å². The highest BCUT2D eigenvalue weighted by Gasteiger charge is 2.17. The molecule has 2 aromatic heterocycles. The standard InChI is InChI=1S/C48H32N2/c1-3-13-33(14-4-1)34-23-27-38(28-24-34)49-45-21-11-8-18-40(45)42-29-25-37(32-48(42)49)36-26-30-47-43(31-36)41-19-9-12-22-46(41)50(47)44-20-10-7-17-39(44)35-15-5-2-6-16-35/h1-32H. The molecule has 0 amide bonds. The number of benzene rings is 8. The molecule has 0 atom stereocenters. The molecule has 2 nitrogen and oxygen atoms in total. The van der Waals surface area contributed by atoms with Crippen LogP contribution in [-0.2, 0) is 0 Å². The summed E-state index contributed by atoms with van der Waals surface area (Å²) in [6, 6.07) is 70.4. The molecule has 0 aliphatic heterocycles. The van der Waals surface area contributed by atoms with E-state index in [1.807, 2.05) is 0 Å². The molecule has 10 rings (SSSR count). The molecule has 10 aromatic rings. The van der Waals surface area contributed by atoms with Crippen LogP contribution >= 0.6 is 0 Å². The molecule has 0 spiro atoms. The Morgan fingerprint density at radius 2 is 0.760 bits per heavy atom. The average molecular weight is 637 g/mol. The van der Waals surface area contributed by atoms with Crippen molar-refractivity contribution in [2.75, 3.05) is 0 Å². The predicted molar refractivity (Wildman–Crippen MR) is 211 cm³/mol. The Hall–Kier alpha value is -6.64. The molecule has 8 aromatic carbocycles. The zero-order valence-corrected chi connectivity index (χ0v) is 27.4. The summed E-state index contributed by atoms with van der Waals surface area (Å²) in [6.07, 6.45) is 0. The van der Waals surface area contributed by atoms with Gasteiger partial charge in [0.2, 0.25) is 0 Å². The lowest BCUT2D eigenvalue weighted by atomic mass is 10.0. The Morgan fingerprint density at radius 1 is 0.260 bits per heavy atom. The van der Waals surface area contributed by atoms with Crippen molar-refractivity contribution >= 4 is 43.6 Å². The third kappa shape index (κ3) is 4.50. The third-order valence-corrected chi connectivity index (χ3v) is 10.1. The van der Waals surface area contributed by atoms with E-state index in [4.69, 9.17) is 0 Å². The molecule has 0 saturated carbocycles. The number of para-hydroxylation sites is 3. The van der Waals surface area contributed by atoms with Crippen LogP contribution in [0.5, 0.6) is 0 Å². The summed E-state index contributed by atoms with van der Waals surface area (Å²) < 4.78 is 4.84. The van der Waals surface area contributed by atoms with Gasteiger partial charge in [-0.15, -0.1) is 0 Å². The van der Waals surface area contributed by atoms with E-state index in [0.29, 0.717) is 0 Å². The van der Waals surface area contributed by atoms with Gasteiger partial charge in [0, 0.05) is 32.8 Å². The minimum absolute atomic E-state index is 1.16. The molecule has 0 aliphatic carbocycles. The first-order valence-corrected chi connectivity index (χ1v) is 17.2. The number of aromatic nitrogens is 2. The SMILES string of the molecule is c1ccc(-c2ccc(-n3c4ccccc4c4ccc(-c5ccc6c(c5)c5ccccc5n6-c5ccccc5-c5ccccc5)cc43)cc2)cc1. The van der Waals surface area contributed by atoms with Crippen LogP contribution in [0.2, 0.25) is 0 Å². The maximum absolute atomic E-state index is 2.43. The maximum Gasteiger partial charge on any atom is 0.0547 e. The van der Waals surface area contributed by atoms with Gasteiger partial charge in [-0.25, -0.2) is 0 Å². The van der Waals surface area contributed by atoms with Gasteiger partial charge >= 0.3 is 0 Å². The molecular formula is C48H32N2. The third-order valence-electron chi connectivity index (χ3n) is 10.1. The highest BCUT2D eigenvalue weighted by molar-refractivity contribution is 6.12. The van der Waals surface area contributed by atoms with E-state index in [1.54, 1.807) is 0 Å². The number of hydrogen-bond acceptors (Lipinski definition) is 0. The predicted octanol–water partition coefficient (Wildman–Crippen LogP) is 12.9. The molecule has 50 heavy (non-hydrogen) atoms. The summed E-state index contributed by atoms with van der Waals surface area (Å²) in [5.41, 5.74) is 14.4. The molecule has 0 N–H and O–H groups in total. The van der Waals surface area contributed by atoms with Crippen LogP contribution in [0, 0.1) is 0 Å². The molecule has 0 unspecified atom stereocenters. The minimum atomic E-state index is 1.16. The number of hydrogen-bond donors (Lipinski definition) is 0. The monoisotopic (exact) mass is 636 g/mol. The van der Waals surface area contributed by atoms with Crippen molar-refractivity contribution in [2.24, 2.45) is 0 Å². The van der Waals surface area contributed by atoms with Crippen LogP contribution in [-0.4, -0.2) is 9.13 Å². The Morgan fingerprint density at radius 3 is 1.52 bits per heavy atom. The van der Waals surface area contributed by atoms with E-state index < -0.39 is 0 Å². The highest BCUT2D eigenvalue weighted by Crippen LogP contribution is 2.40. The first-order valence-electron chi connectivity index (χ1n) is 17.2. The van der Waals surface area contributed by atoms with E-state index in [9.17, 15) is 0 Å². The van der Waals surface area contributed by atoms with Crippen LogP contribution in [0.4, 0.5) is 0 Å². The Bertz CT molecular complexity index is 2840. The van der Waals surface area contributed by atoms with Gasteiger partial charge in [-0.2, -0.15) is 0 Å². The van der Waals surface area contributed by atoms with Crippen molar-refractivity contribution in [1.29, 1.82) is 0 Å². The smallest absolute Gasteiger partial charge is 0.0547 e. The van der Waals surface area contributed by atoms with Crippen molar-refractivity contribution in [1.82, 2.24) is 9.13 Å². The molecule has 0 aliphatic rings. The lowest BCUT2D eigenvalue weighted by Crippen LogP contribution is -1.97. The first kappa shape index (κ1) is 28.4. The van der Waals surface area contributed by atoms with E-state index >= 15 is 0 Å². The number of rotatable bonds is 5. The zero-order chi connectivity index (χ0) is 33.0. The van der Waals surface area contributed by atoms with E-state index in [0.717, 1.165) is 5.69 Å². The highest BCUT2D eigenvalue weighted by atomic mass is 15.0. The molecule has 0 radical (unpaired) electrons. The molecular weight excluding hydrogens is 605 g/mol. The molecule has 0 bridgehead atoms. The van der Waals surface area contributed by atoms with Gasteiger partial charge in [-0.05, 0) is 76.3 Å². The second-order valence-electron chi connectivity index (χ2n) is 13.0. The Kier molecular flexibility index (Phi) is 6.53. The van der Waals surface area contributed by atoms with Crippen molar-refractivity contribution in [2.45, 2.75) is 0 Å². The average Bonchev–Trinajstić information content (AvgIpc) is 3.71. The lowest BCUT2D eigenvalue weighted by Gasteiger charge is -2.14. The van der Waals surface area contributed by atoms with Crippen LogP contribution in [0.3, 0.4) is 0 Å². The fourth-order valence-corrected chi connectivity index (χ4v) is 7.80. The largest absolute Gasteiger partial charge is 0.309 e. The second-order valence-corrected chi connectivity index (χ2v) is 13.0. The van der Waals surface area contributed by atoms with Crippen LogP contribution in [0.25, 0.3) is 88.4 Å². The molecule has 2 heteroatoms. The van der Waals surface area contributed by atoms with Crippen LogP contribution in [0.15, 0.2) is 194 Å². The van der Waals surface area contributed by atoms with Gasteiger partial charge in [0.05, 0.1) is 27.8 Å². The van der Waals surface area contributed by atoms with Gasteiger partial charge in [0.25, 0.3) is 0 Å². The summed E-state index contributed by atoms with van der Waals surface area (Å²) in [4.78, 5) is 0. The Balaban J connectivity index is 1.15. The van der Waals surface area contributed by atoms with Crippen molar-refractivity contribution in [3.8, 4) is 44.8 Å².